The van der Waals surface area contributed by atoms with Gasteiger partial charge in [0.05, 0.1) is 6.54 Å². The Morgan fingerprint density at radius 3 is 2.80 bits per heavy atom. The lowest BCUT2D eigenvalue weighted by Gasteiger charge is -2.02. The quantitative estimate of drug-likeness (QED) is 0.373. The summed E-state index contributed by atoms with van der Waals surface area (Å²) < 4.78 is 4.97. The van der Waals surface area contributed by atoms with E-state index in [2.05, 4.69) is 30.2 Å². The first-order valence-electron chi connectivity index (χ1n) is 2.73. The van der Waals surface area contributed by atoms with Gasteiger partial charge in [0.15, 0.2) is 0 Å². The van der Waals surface area contributed by atoms with Crippen LogP contribution in [-0.4, -0.2) is 23.4 Å². The molecule has 0 bridgehead atoms. The Morgan fingerprint density at radius 1 is 1.80 bits per heavy atom. The van der Waals surface area contributed by atoms with Crippen molar-refractivity contribution in [3.63, 3.8) is 0 Å². The van der Waals surface area contributed by atoms with Crippen LogP contribution in [0.5, 0.6) is 0 Å². The number of rotatable bonds is 3. The van der Waals surface area contributed by atoms with Crippen LogP contribution >= 0.6 is 24.8 Å². The van der Waals surface area contributed by atoms with E-state index in [0.717, 1.165) is 0 Å². The Hall–Kier alpha value is -0.290. The van der Waals surface area contributed by atoms with Crippen molar-refractivity contribution in [3.05, 3.63) is 0 Å². The molecule has 0 aromatic rings. The minimum Gasteiger partial charge on any atom is -0.477 e. The molecule has 5 heteroatoms. The SMILES string of the molecule is CC(=O)NCCOC(=S)S. The lowest BCUT2D eigenvalue weighted by Crippen LogP contribution is -2.24. The fourth-order valence-corrected chi connectivity index (χ4v) is 0.540. The van der Waals surface area contributed by atoms with Gasteiger partial charge in [-0.25, -0.2) is 0 Å². The van der Waals surface area contributed by atoms with Gasteiger partial charge in [-0.1, -0.05) is 12.6 Å². The van der Waals surface area contributed by atoms with Gasteiger partial charge in [0.25, 0.3) is 0 Å². The predicted molar refractivity (Wildman–Crippen MR) is 46.2 cm³/mol. The van der Waals surface area contributed by atoms with Crippen molar-refractivity contribution in [2.75, 3.05) is 13.2 Å². The summed E-state index contributed by atoms with van der Waals surface area (Å²) in [5, 5.41) is 2.54. The summed E-state index contributed by atoms with van der Waals surface area (Å²) in [6, 6.07) is 0. The smallest absolute Gasteiger partial charge is 0.216 e. The van der Waals surface area contributed by atoms with Gasteiger partial charge >= 0.3 is 0 Å². The van der Waals surface area contributed by atoms with Gasteiger partial charge in [0.2, 0.25) is 10.3 Å². The van der Waals surface area contributed by atoms with Crippen LogP contribution < -0.4 is 5.32 Å². The number of hydrogen-bond acceptors (Lipinski definition) is 3. The molecule has 0 aromatic heterocycles. The molecule has 0 aliphatic rings. The summed E-state index contributed by atoms with van der Waals surface area (Å²) in [4.78, 5) is 10.3. The highest BCUT2D eigenvalue weighted by Crippen LogP contribution is 1.84. The molecule has 0 unspecified atom stereocenters. The van der Waals surface area contributed by atoms with E-state index < -0.39 is 0 Å². The third-order valence-corrected chi connectivity index (χ3v) is 0.948. The zero-order chi connectivity index (χ0) is 7.98. The first kappa shape index (κ1) is 9.71. The standard InChI is InChI=1S/C5H9NO2S2/c1-4(7)6-2-3-8-5(9)10/h2-3H2,1H3,(H,6,7)(H,9,10). The van der Waals surface area contributed by atoms with E-state index >= 15 is 0 Å². The lowest BCUT2D eigenvalue weighted by molar-refractivity contribution is -0.119. The monoisotopic (exact) mass is 179 g/mol. The first-order chi connectivity index (χ1) is 4.63. The summed E-state index contributed by atoms with van der Waals surface area (Å²) in [6.45, 7) is 2.29. The van der Waals surface area contributed by atoms with Crippen molar-refractivity contribution in [3.8, 4) is 0 Å². The van der Waals surface area contributed by atoms with Crippen LogP contribution in [0, 0.1) is 0 Å². The van der Waals surface area contributed by atoms with Gasteiger partial charge in [0.1, 0.15) is 6.61 Å². The van der Waals surface area contributed by atoms with Gasteiger partial charge in [-0.05, 0) is 12.2 Å². The molecule has 0 aliphatic carbocycles. The molecule has 0 heterocycles. The number of hydrogen-bond donors (Lipinski definition) is 2. The summed E-state index contributed by atoms with van der Waals surface area (Å²) in [6.07, 6.45) is 0. The van der Waals surface area contributed by atoms with Crippen molar-refractivity contribution < 1.29 is 9.53 Å². The van der Waals surface area contributed by atoms with Gasteiger partial charge in [-0.3, -0.25) is 4.79 Å². The average molecular weight is 179 g/mol. The van der Waals surface area contributed by atoms with Gasteiger partial charge in [0, 0.05) is 6.92 Å². The molecular formula is C5H9NO2S2. The van der Waals surface area contributed by atoms with Crippen molar-refractivity contribution in [2.45, 2.75) is 6.92 Å². The highest BCUT2D eigenvalue weighted by molar-refractivity contribution is 8.10. The topological polar surface area (TPSA) is 38.3 Å². The molecule has 58 valence electrons. The lowest BCUT2D eigenvalue weighted by atomic mass is 10.6. The Bertz CT molecular complexity index is 122. The van der Waals surface area contributed by atoms with Crippen LogP contribution in [0.4, 0.5) is 0 Å². The summed E-state index contributed by atoms with van der Waals surface area (Å²) in [5.74, 6) is -0.0753. The zero-order valence-corrected chi connectivity index (χ0v) is 7.30. The number of thiocarbonyl (C=S) groups is 1. The third-order valence-electron chi connectivity index (χ3n) is 0.702. The fraction of sp³-hybridized carbons (Fsp3) is 0.600. The molecule has 0 saturated heterocycles. The van der Waals surface area contributed by atoms with Crippen molar-refractivity contribution in [2.24, 2.45) is 0 Å². The molecule has 0 rings (SSSR count). The van der Waals surface area contributed by atoms with Crippen LogP contribution in [0.25, 0.3) is 0 Å². The van der Waals surface area contributed by atoms with Crippen LogP contribution in [0.3, 0.4) is 0 Å². The normalized spacial score (nSPS) is 8.60. The fourth-order valence-electron chi connectivity index (χ4n) is 0.365. The van der Waals surface area contributed by atoms with Gasteiger partial charge < -0.3 is 10.1 Å². The molecule has 0 atom stereocenters. The number of thiol groups is 1. The number of carbonyl (C=O) groups excluding carboxylic acids is 1. The van der Waals surface area contributed by atoms with E-state index in [1.807, 2.05) is 0 Å². The van der Waals surface area contributed by atoms with E-state index in [0.29, 0.717) is 13.2 Å². The van der Waals surface area contributed by atoms with E-state index in [1.54, 1.807) is 0 Å². The van der Waals surface area contributed by atoms with Crippen LogP contribution in [0.2, 0.25) is 0 Å². The summed E-state index contributed by atoms with van der Waals surface area (Å²) >= 11 is 8.22. The second kappa shape index (κ2) is 5.49. The van der Waals surface area contributed by atoms with E-state index in [1.165, 1.54) is 6.92 Å². The second-order valence-corrected chi connectivity index (χ2v) is 2.68. The average Bonchev–Trinajstić information content (AvgIpc) is 1.79. The van der Waals surface area contributed by atoms with Crippen LogP contribution in [-0.2, 0) is 9.53 Å². The molecule has 10 heavy (non-hydrogen) atoms. The summed E-state index contributed by atoms with van der Waals surface area (Å²) in [5.41, 5.74) is 0. The molecule has 0 aliphatic heterocycles. The molecule has 0 spiro atoms. The maximum Gasteiger partial charge on any atom is 0.216 e. The van der Waals surface area contributed by atoms with E-state index in [9.17, 15) is 4.79 Å². The van der Waals surface area contributed by atoms with E-state index in [-0.39, 0.29) is 10.3 Å². The van der Waals surface area contributed by atoms with Crippen LogP contribution in [0.1, 0.15) is 6.92 Å². The molecule has 1 N–H and O–H groups in total. The largest absolute Gasteiger partial charge is 0.477 e. The van der Waals surface area contributed by atoms with E-state index in [4.69, 9.17) is 4.74 Å². The van der Waals surface area contributed by atoms with Gasteiger partial charge in [-0.2, -0.15) is 0 Å². The number of nitrogens with one attached hydrogen (secondary N) is 1. The Balaban J connectivity index is 3.06. The molecule has 0 radical (unpaired) electrons. The second-order valence-electron chi connectivity index (χ2n) is 1.60. The first-order valence-corrected chi connectivity index (χ1v) is 3.58. The number of amides is 1. The third kappa shape index (κ3) is 7.71. The minimum atomic E-state index is -0.0753. The number of carbonyl (C=O) groups is 1. The maximum atomic E-state index is 10.3. The van der Waals surface area contributed by atoms with Crippen molar-refractivity contribution >= 4 is 35.1 Å². The Labute approximate surface area is 70.5 Å². The Morgan fingerprint density at radius 2 is 2.40 bits per heavy atom. The molecular weight excluding hydrogens is 170 g/mol. The predicted octanol–water partition coefficient (Wildman–Crippen LogP) is 0.354. The highest BCUT2D eigenvalue weighted by atomic mass is 32.1. The minimum absolute atomic E-state index is 0.0753. The summed E-state index contributed by atoms with van der Waals surface area (Å²) in [7, 11) is 0. The van der Waals surface area contributed by atoms with Crippen LogP contribution in [0.15, 0.2) is 0 Å². The van der Waals surface area contributed by atoms with Crippen molar-refractivity contribution in [1.29, 1.82) is 0 Å². The molecule has 1 amide bonds. The van der Waals surface area contributed by atoms with Gasteiger partial charge in [-0.15, -0.1) is 0 Å². The Kier molecular flexibility index (Phi) is 5.33. The molecule has 0 saturated carbocycles. The number of ether oxygens (including phenoxy) is 1. The molecule has 3 nitrogen and oxygen atoms in total. The molecule has 0 fully saturated rings. The van der Waals surface area contributed by atoms with Crippen molar-refractivity contribution in [1.82, 2.24) is 5.32 Å². The highest BCUT2D eigenvalue weighted by Gasteiger charge is 1.90. The maximum absolute atomic E-state index is 10.3. The molecule has 0 aromatic carbocycles. The zero-order valence-electron chi connectivity index (χ0n) is 5.59.